The van der Waals surface area contributed by atoms with Gasteiger partial charge in [-0.2, -0.15) is 0 Å². The summed E-state index contributed by atoms with van der Waals surface area (Å²) in [4.78, 5) is 43.0. The summed E-state index contributed by atoms with van der Waals surface area (Å²) in [5, 5.41) is 0.840. The first-order chi connectivity index (χ1) is 13.6. The first-order valence-electron chi connectivity index (χ1n) is 10.2. The molecule has 6 nitrogen and oxygen atoms in total. The summed E-state index contributed by atoms with van der Waals surface area (Å²) in [6, 6.07) is 7.60. The lowest BCUT2D eigenvalue weighted by Gasteiger charge is -2.35. The standard InChI is InChI=1S/C23H30N2O4/c1-14-19(17-8-6-7-9-18(17)24-14)20(26)15(2)29-21(27)16-10-12-25(13-11-16)22(28)23(3,4)5/h6-9,15-16,24H,10-13H2,1-5H3/t15-/m0/s1. The second-order valence-corrected chi connectivity index (χ2v) is 8.93. The topological polar surface area (TPSA) is 79.5 Å². The highest BCUT2D eigenvalue weighted by atomic mass is 16.5. The number of H-pyrrole nitrogens is 1. The van der Waals surface area contributed by atoms with Crippen LogP contribution in [0.4, 0.5) is 0 Å². The van der Waals surface area contributed by atoms with Crippen molar-refractivity contribution in [2.24, 2.45) is 11.3 Å². The zero-order chi connectivity index (χ0) is 21.3. The van der Waals surface area contributed by atoms with Crippen LogP contribution in [0.3, 0.4) is 0 Å². The van der Waals surface area contributed by atoms with E-state index in [1.165, 1.54) is 0 Å². The molecule has 0 radical (unpaired) electrons. The largest absolute Gasteiger partial charge is 0.454 e. The number of aromatic amines is 1. The number of Topliss-reactive ketones (excluding diaryl/α,β-unsaturated/α-hetero) is 1. The van der Waals surface area contributed by atoms with Crippen molar-refractivity contribution in [1.82, 2.24) is 9.88 Å². The maximum Gasteiger partial charge on any atom is 0.309 e. The Morgan fingerprint density at radius 2 is 1.76 bits per heavy atom. The minimum absolute atomic E-state index is 0.0997. The minimum atomic E-state index is -0.852. The lowest BCUT2D eigenvalue weighted by atomic mass is 9.91. The van der Waals surface area contributed by atoms with Crippen molar-refractivity contribution < 1.29 is 19.1 Å². The first-order valence-corrected chi connectivity index (χ1v) is 10.2. The van der Waals surface area contributed by atoms with Crippen molar-refractivity contribution in [3.63, 3.8) is 0 Å². The van der Waals surface area contributed by atoms with Crippen LogP contribution in [0.5, 0.6) is 0 Å². The van der Waals surface area contributed by atoms with E-state index in [9.17, 15) is 14.4 Å². The van der Waals surface area contributed by atoms with E-state index in [4.69, 9.17) is 4.74 Å². The quantitative estimate of drug-likeness (QED) is 0.626. The van der Waals surface area contributed by atoms with E-state index in [-0.39, 0.29) is 23.6 Å². The summed E-state index contributed by atoms with van der Waals surface area (Å²) in [5.74, 6) is -0.735. The molecular weight excluding hydrogens is 368 g/mol. The third kappa shape index (κ3) is 4.36. The van der Waals surface area contributed by atoms with Crippen LogP contribution in [0.15, 0.2) is 24.3 Å². The number of benzene rings is 1. The number of likely N-dealkylation sites (tertiary alicyclic amines) is 1. The number of amides is 1. The number of rotatable bonds is 4. The number of nitrogens with one attached hydrogen (secondary N) is 1. The molecule has 1 saturated heterocycles. The van der Waals surface area contributed by atoms with Gasteiger partial charge in [0.15, 0.2) is 6.10 Å². The van der Waals surface area contributed by atoms with E-state index in [1.807, 2.05) is 56.9 Å². The molecule has 1 atom stereocenters. The van der Waals surface area contributed by atoms with Gasteiger partial charge in [-0.25, -0.2) is 0 Å². The van der Waals surface area contributed by atoms with Gasteiger partial charge in [0, 0.05) is 40.7 Å². The molecule has 1 aliphatic rings. The molecule has 1 amide bonds. The van der Waals surface area contributed by atoms with E-state index in [1.54, 1.807) is 6.92 Å². The second-order valence-electron chi connectivity index (χ2n) is 8.93. The van der Waals surface area contributed by atoms with Crippen LogP contribution in [0.25, 0.3) is 10.9 Å². The van der Waals surface area contributed by atoms with Gasteiger partial charge < -0.3 is 14.6 Å². The highest BCUT2D eigenvalue weighted by molar-refractivity contribution is 6.11. The number of piperidine rings is 1. The number of hydrogen-bond acceptors (Lipinski definition) is 4. The molecule has 0 bridgehead atoms. The average molecular weight is 399 g/mol. The molecule has 156 valence electrons. The Bertz CT molecular complexity index is 930. The van der Waals surface area contributed by atoms with Gasteiger partial charge in [0.1, 0.15) is 0 Å². The smallest absolute Gasteiger partial charge is 0.309 e. The lowest BCUT2D eigenvalue weighted by Crippen LogP contribution is -2.45. The summed E-state index contributed by atoms with van der Waals surface area (Å²) in [5.41, 5.74) is 1.81. The van der Waals surface area contributed by atoms with E-state index in [0.717, 1.165) is 16.6 Å². The summed E-state index contributed by atoms with van der Waals surface area (Å²) in [6.07, 6.45) is 0.274. The number of carbonyl (C=O) groups excluding carboxylic acids is 3. The fourth-order valence-electron chi connectivity index (χ4n) is 3.91. The monoisotopic (exact) mass is 398 g/mol. The molecule has 2 heterocycles. The van der Waals surface area contributed by atoms with Crippen molar-refractivity contribution in [1.29, 1.82) is 0 Å². The number of ether oxygens (including phenoxy) is 1. The molecule has 1 aliphatic heterocycles. The molecule has 1 aromatic heterocycles. The number of hydrogen-bond donors (Lipinski definition) is 1. The number of nitrogens with zero attached hydrogens (tertiary/aromatic N) is 1. The number of esters is 1. The number of para-hydroxylation sites is 1. The van der Waals surface area contributed by atoms with Crippen LogP contribution in [-0.2, 0) is 14.3 Å². The predicted octanol–water partition coefficient (Wildman–Crippen LogP) is 3.88. The third-order valence-electron chi connectivity index (χ3n) is 5.56. The minimum Gasteiger partial charge on any atom is -0.454 e. The van der Waals surface area contributed by atoms with Crippen LogP contribution in [0, 0.1) is 18.3 Å². The molecule has 0 unspecified atom stereocenters. The molecule has 0 spiro atoms. The molecule has 0 saturated carbocycles. The summed E-state index contributed by atoms with van der Waals surface area (Å²) >= 11 is 0. The maximum absolute atomic E-state index is 13.0. The SMILES string of the molecule is Cc1[nH]c2ccccc2c1C(=O)[C@H](C)OC(=O)C1CCN(C(=O)C(C)(C)C)CC1. The van der Waals surface area contributed by atoms with Gasteiger partial charge in [-0.1, -0.05) is 39.0 Å². The predicted molar refractivity (Wildman–Crippen MR) is 112 cm³/mol. The fraction of sp³-hybridized carbons (Fsp3) is 0.522. The Labute approximate surface area is 171 Å². The molecule has 3 rings (SSSR count). The van der Waals surface area contributed by atoms with Crippen molar-refractivity contribution in [2.45, 2.75) is 53.6 Å². The maximum atomic E-state index is 13.0. The molecular formula is C23H30N2O4. The van der Waals surface area contributed by atoms with Crippen LogP contribution < -0.4 is 0 Å². The molecule has 6 heteroatoms. The summed E-state index contributed by atoms with van der Waals surface area (Å²) in [7, 11) is 0. The number of carbonyl (C=O) groups is 3. The Balaban J connectivity index is 1.62. The van der Waals surface area contributed by atoms with Crippen LogP contribution in [0.2, 0.25) is 0 Å². The Morgan fingerprint density at radius 3 is 2.38 bits per heavy atom. The van der Waals surface area contributed by atoms with Gasteiger partial charge in [-0.3, -0.25) is 14.4 Å². The molecule has 1 N–H and O–H groups in total. The number of fused-ring (bicyclic) bond motifs is 1. The molecule has 2 aromatic rings. The Hall–Kier alpha value is -2.63. The first kappa shape index (κ1) is 21.1. The van der Waals surface area contributed by atoms with Gasteiger partial charge in [-0.05, 0) is 32.8 Å². The normalized spacial score (nSPS) is 16.7. The lowest BCUT2D eigenvalue weighted by molar-refractivity contribution is -0.155. The van der Waals surface area contributed by atoms with Crippen molar-refractivity contribution in [3.8, 4) is 0 Å². The van der Waals surface area contributed by atoms with Crippen molar-refractivity contribution in [3.05, 3.63) is 35.5 Å². The zero-order valence-corrected chi connectivity index (χ0v) is 17.9. The number of aromatic nitrogens is 1. The van der Waals surface area contributed by atoms with Crippen molar-refractivity contribution in [2.75, 3.05) is 13.1 Å². The Kier molecular flexibility index (Phi) is 5.82. The summed E-state index contributed by atoms with van der Waals surface area (Å²) < 4.78 is 5.54. The van der Waals surface area contributed by atoms with Crippen LogP contribution >= 0.6 is 0 Å². The highest BCUT2D eigenvalue weighted by Gasteiger charge is 2.34. The van der Waals surface area contributed by atoms with Gasteiger partial charge in [0.05, 0.1) is 5.92 Å². The van der Waals surface area contributed by atoms with E-state index in [2.05, 4.69) is 4.98 Å². The zero-order valence-electron chi connectivity index (χ0n) is 17.9. The van der Waals surface area contributed by atoms with Crippen molar-refractivity contribution >= 4 is 28.6 Å². The molecule has 1 aromatic carbocycles. The Morgan fingerprint density at radius 1 is 1.14 bits per heavy atom. The van der Waals surface area contributed by atoms with Crippen LogP contribution in [0.1, 0.15) is 56.6 Å². The van der Waals surface area contributed by atoms with E-state index >= 15 is 0 Å². The fourth-order valence-corrected chi connectivity index (χ4v) is 3.91. The van der Waals surface area contributed by atoms with Gasteiger partial charge >= 0.3 is 5.97 Å². The summed E-state index contributed by atoms with van der Waals surface area (Å²) in [6.45, 7) is 10.3. The highest BCUT2D eigenvalue weighted by Crippen LogP contribution is 2.26. The number of ketones is 1. The van der Waals surface area contributed by atoms with Gasteiger partial charge in [0.25, 0.3) is 0 Å². The molecule has 1 fully saturated rings. The van der Waals surface area contributed by atoms with E-state index < -0.39 is 11.5 Å². The second kappa shape index (κ2) is 8.01. The van der Waals surface area contributed by atoms with Crippen LogP contribution in [-0.4, -0.2) is 46.7 Å². The number of aryl methyl sites for hydroxylation is 1. The van der Waals surface area contributed by atoms with Gasteiger partial charge in [-0.15, -0.1) is 0 Å². The third-order valence-corrected chi connectivity index (χ3v) is 5.56. The van der Waals surface area contributed by atoms with E-state index in [0.29, 0.717) is 31.5 Å². The molecule has 0 aliphatic carbocycles. The molecule has 29 heavy (non-hydrogen) atoms. The van der Waals surface area contributed by atoms with Gasteiger partial charge in [0.2, 0.25) is 11.7 Å². The average Bonchev–Trinajstić information content (AvgIpc) is 3.01.